The van der Waals surface area contributed by atoms with Gasteiger partial charge in [0.2, 0.25) is 19.3 Å². The molecule has 0 atom stereocenters. The molecule has 1 aliphatic heterocycles. The lowest BCUT2D eigenvalue weighted by atomic mass is 10.3. The van der Waals surface area contributed by atoms with Gasteiger partial charge in [0.15, 0.2) is 0 Å². The fourth-order valence-electron chi connectivity index (χ4n) is 2.24. The van der Waals surface area contributed by atoms with Crippen LogP contribution in [0.2, 0.25) is 0 Å². The molecule has 0 amide bonds. The van der Waals surface area contributed by atoms with E-state index in [1.54, 1.807) is 12.1 Å². The summed E-state index contributed by atoms with van der Waals surface area (Å²) in [5.41, 5.74) is 0. The number of ether oxygens (including phenoxy) is 1. The zero-order valence-corrected chi connectivity index (χ0v) is 13.6. The van der Waals surface area contributed by atoms with Crippen LogP contribution in [0.15, 0.2) is 34.7 Å². The normalized spacial score (nSPS) is 15.2. The lowest BCUT2D eigenvalue weighted by Crippen LogP contribution is -2.17. The lowest BCUT2D eigenvalue weighted by Gasteiger charge is -2.10. The molecule has 1 aromatic carbocycles. The van der Waals surface area contributed by atoms with E-state index in [4.69, 9.17) is 4.74 Å². The molecular formula is C14H17N3O3S2. The van der Waals surface area contributed by atoms with Gasteiger partial charge in [-0.15, -0.1) is 10.2 Å². The Morgan fingerprint density at radius 2 is 1.86 bits per heavy atom. The number of hydrogen-bond donors (Lipinski definition) is 0. The SMILES string of the molecule is O=S(=O)(CCOc1ccccc1)c1nnc(N2CCCC2)s1. The highest BCUT2D eigenvalue weighted by molar-refractivity contribution is 7.93. The van der Waals surface area contributed by atoms with Crippen molar-refractivity contribution in [2.24, 2.45) is 0 Å². The van der Waals surface area contributed by atoms with E-state index in [-0.39, 0.29) is 16.7 Å². The number of aromatic nitrogens is 2. The van der Waals surface area contributed by atoms with Gasteiger partial charge in [-0.2, -0.15) is 0 Å². The van der Waals surface area contributed by atoms with E-state index in [9.17, 15) is 8.42 Å². The highest BCUT2D eigenvalue weighted by Crippen LogP contribution is 2.27. The fraction of sp³-hybridized carbons (Fsp3) is 0.429. The standard InChI is InChI=1S/C14H17N3O3S2/c18-22(19,11-10-20-12-6-2-1-3-7-12)14-16-15-13(21-14)17-8-4-5-9-17/h1-3,6-7H,4-5,8-11H2. The van der Waals surface area contributed by atoms with Crippen LogP contribution in [0, 0.1) is 0 Å². The number of sulfone groups is 1. The molecule has 0 spiro atoms. The van der Waals surface area contributed by atoms with Gasteiger partial charge in [0.25, 0.3) is 0 Å². The predicted octanol–water partition coefficient (Wildman–Crippen LogP) is 1.99. The highest BCUT2D eigenvalue weighted by atomic mass is 32.2. The van der Waals surface area contributed by atoms with Gasteiger partial charge in [0.1, 0.15) is 12.4 Å². The second kappa shape index (κ2) is 6.62. The minimum atomic E-state index is -3.45. The first-order chi connectivity index (χ1) is 10.6. The van der Waals surface area contributed by atoms with Gasteiger partial charge in [-0.3, -0.25) is 0 Å². The Hall–Kier alpha value is -1.67. The predicted molar refractivity (Wildman–Crippen MR) is 85.3 cm³/mol. The summed E-state index contributed by atoms with van der Waals surface area (Å²) in [7, 11) is -3.45. The number of anilines is 1. The van der Waals surface area contributed by atoms with E-state index in [0.29, 0.717) is 10.9 Å². The number of nitrogens with zero attached hydrogens (tertiary/aromatic N) is 3. The molecule has 3 rings (SSSR count). The first kappa shape index (κ1) is 15.2. The maximum Gasteiger partial charge on any atom is 0.234 e. The quantitative estimate of drug-likeness (QED) is 0.801. The lowest BCUT2D eigenvalue weighted by molar-refractivity contribution is 0.341. The van der Waals surface area contributed by atoms with Crippen LogP contribution in [-0.2, 0) is 9.84 Å². The molecule has 22 heavy (non-hydrogen) atoms. The summed E-state index contributed by atoms with van der Waals surface area (Å²) in [6, 6.07) is 9.16. The van der Waals surface area contributed by atoms with Crippen molar-refractivity contribution < 1.29 is 13.2 Å². The Balaban J connectivity index is 1.60. The first-order valence-electron chi connectivity index (χ1n) is 7.14. The Morgan fingerprint density at radius 1 is 1.14 bits per heavy atom. The van der Waals surface area contributed by atoms with Gasteiger partial charge in [-0.25, -0.2) is 8.42 Å². The molecule has 0 saturated carbocycles. The third kappa shape index (κ3) is 3.56. The smallest absolute Gasteiger partial charge is 0.234 e. The molecule has 2 aromatic rings. The Labute approximate surface area is 133 Å². The summed E-state index contributed by atoms with van der Waals surface area (Å²) in [4.78, 5) is 2.08. The van der Waals surface area contributed by atoms with E-state index in [1.807, 2.05) is 18.2 Å². The molecular weight excluding hydrogens is 322 g/mol. The van der Waals surface area contributed by atoms with Crippen LogP contribution in [-0.4, -0.2) is 44.1 Å². The molecule has 1 saturated heterocycles. The number of para-hydroxylation sites is 1. The van der Waals surface area contributed by atoms with Crippen molar-refractivity contribution in [1.29, 1.82) is 0 Å². The Morgan fingerprint density at radius 3 is 2.59 bits per heavy atom. The average Bonchev–Trinajstić information content (AvgIpc) is 3.19. The van der Waals surface area contributed by atoms with Crippen LogP contribution in [0.1, 0.15) is 12.8 Å². The van der Waals surface area contributed by atoms with Gasteiger partial charge in [0, 0.05) is 13.1 Å². The maximum absolute atomic E-state index is 12.3. The number of rotatable bonds is 6. The number of hydrogen-bond acceptors (Lipinski definition) is 7. The molecule has 118 valence electrons. The van der Waals surface area contributed by atoms with Crippen molar-refractivity contribution in [2.75, 3.05) is 30.3 Å². The zero-order valence-electron chi connectivity index (χ0n) is 12.0. The van der Waals surface area contributed by atoms with Crippen LogP contribution in [0.3, 0.4) is 0 Å². The molecule has 0 N–H and O–H groups in total. The Bertz CT molecular complexity index is 710. The Kier molecular flexibility index (Phi) is 4.58. The topological polar surface area (TPSA) is 72.4 Å². The summed E-state index contributed by atoms with van der Waals surface area (Å²) in [5, 5.41) is 8.54. The average molecular weight is 339 g/mol. The third-order valence-electron chi connectivity index (χ3n) is 3.40. The molecule has 2 heterocycles. The van der Waals surface area contributed by atoms with Crippen LogP contribution >= 0.6 is 11.3 Å². The molecule has 0 aliphatic carbocycles. The largest absolute Gasteiger partial charge is 0.493 e. The van der Waals surface area contributed by atoms with Crippen molar-refractivity contribution in [3.8, 4) is 5.75 Å². The van der Waals surface area contributed by atoms with Crippen molar-refractivity contribution >= 4 is 26.3 Å². The van der Waals surface area contributed by atoms with Gasteiger partial charge < -0.3 is 9.64 Å². The van der Waals surface area contributed by atoms with E-state index in [0.717, 1.165) is 37.3 Å². The second-order valence-corrected chi connectivity index (χ2v) is 8.26. The second-order valence-electron chi connectivity index (χ2n) is 5.03. The molecule has 0 unspecified atom stereocenters. The molecule has 1 fully saturated rings. The molecule has 1 aliphatic rings. The van der Waals surface area contributed by atoms with Crippen molar-refractivity contribution in [2.45, 2.75) is 17.2 Å². The summed E-state index contributed by atoms with van der Waals surface area (Å²) >= 11 is 1.14. The highest BCUT2D eigenvalue weighted by Gasteiger charge is 2.23. The summed E-state index contributed by atoms with van der Waals surface area (Å²) in [6.45, 7) is 1.95. The van der Waals surface area contributed by atoms with Gasteiger partial charge in [-0.05, 0) is 25.0 Å². The van der Waals surface area contributed by atoms with Gasteiger partial charge in [0.05, 0.1) is 5.75 Å². The zero-order chi connectivity index (χ0) is 15.4. The van der Waals surface area contributed by atoms with Crippen molar-refractivity contribution in [1.82, 2.24) is 10.2 Å². The summed E-state index contributed by atoms with van der Waals surface area (Å²) < 4.78 is 30.0. The summed E-state index contributed by atoms with van der Waals surface area (Å²) in [6.07, 6.45) is 2.24. The van der Waals surface area contributed by atoms with Crippen LogP contribution < -0.4 is 9.64 Å². The van der Waals surface area contributed by atoms with Gasteiger partial charge >= 0.3 is 0 Å². The first-order valence-corrected chi connectivity index (χ1v) is 9.61. The third-order valence-corrected chi connectivity index (χ3v) is 6.51. The molecule has 0 radical (unpaired) electrons. The fourth-order valence-corrected chi connectivity index (χ4v) is 4.49. The van der Waals surface area contributed by atoms with Gasteiger partial charge in [-0.1, -0.05) is 29.5 Å². The van der Waals surface area contributed by atoms with Crippen LogP contribution in [0.4, 0.5) is 5.13 Å². The number of benzene rings is 1. The van der Waals surface area contributed by atoms with Crippen LogP contribution in [0.25, 0.3) is 0 Å². The molecule has 1 aromatic heterocycles. The van der Waals surface area contributed by atoms with Crippen molar-refractivity contribution in [3.05, 3.63) is 30.3 Å². The van der Waals surface area contributed by atoms with E-state index in [2.05, 4.69) is 15.1 Å². The van der Waals surface area contributed by atoms with E-state index >= 15 is 0 Å². The minimum Gasteiger partial charge on any atom is -0.493 e. The minimum absolute atomic E-state index is 0.0751. The van der Waals surface area contributed by atoms with E-state index in [1.165, 1.54) is 0 Å². The molecule has 0 bridgehead atoms. The van der Waals surface area contributed by atoms with Crippen LogP contribution in [0.5, 0.6) is 5.75 Å². The van der Waals surface area contributed by atoms with E-state index < -0.39 is 9.84 Å². The summed E-state index contributed by atoms with van der Waals surface area (Å²) in [5.74, 6) is 0.559. The molecule has 6 nitrogen and oxygen atoms in total. The van der Waals surface area contributed by atoms with Crippen molar-refractivity contribution in [3.63, 3.8) is 0 Å². The maximum atomic E-state index is 12.3. The molecule has 8 heteroatoms. The monoisotopic (exact) mass is 339 g/mol.